The van der Waals surface area contributed by atoms with Crippen LogP contribution >= 0.6 is 11.3 Å². The van der Waals surface area contributed by atoms with Crippen LogP contribution in [-0.4, -0.2) is 17.4 Å². The fourth-order valence-electron chi connectivity index (χ4n) is 1.64. The van der Waals surface area contributed by atoms with E-state index in [-0.39, 0.29) is 5.91 Å². The maximum atomic E-state index is 12.1. The van der Waals surface area contributed by atoms with Gasteiger partial charge in [-0.05, 0) is 24.6 Å². The number of nitrogens with one attached hydrogen (secondary N) is 1. The predicted octanol–water partition coefficient (Wildman–Crippen LogP) is 1.69. The predicted molar refractivity (Wildman–Crippen MR) is 80.4 cm³/mol. The molecule has 0 atom stereocenters. The zero-order chi connectivity index (χ0) is 14.4. The number of thiazole rings is 1. The third-order valence-corrected chi connectivity index (χ3v) is 3.51. The second-order valence-corrected chi connectivity index (χ2v) is 5.16. The number of aryl methyl sites for hydroxylation is 1. The molecule has 0 unspecified atom stereocenters. The van der Waals surface area contributed by atoms with Crippen molar-refractivity contribution in [1.29, 1.82) is 0 Å². The number of rotatable bonds is 3. The first kappa shape index (κ1) is 14.3. The van der Waals surface area contributed by atoms with Gasteiger partial charge in [0, 0.05) is 22.2 Å². The Labute approximate surface area is 122 Å². The zero-order valence-corrected chi connectivity index (χ0v) is 12.0. The summed E-state index contributed by atoms with van der Waals surface area (Å²) >= 11 is 1.51. The molecule has 0 aliphatic heterocycles. The highest BCUT2D eigenvalue weighted by Gasteiger charge is 2.07. The highest BCUT2D eigenvalue weighted by molar-refractivity contribution is 7.09. The van der Waals surface area contributed by atoms with E-state index in [1.807, 2.05) is 13.0 Å². The van der Waals surface area contributed by atoms with Gasteiger partial charge >= 0.3 is 0 Å². The summed E-state index contributed by atoms with van der Waals surface area (Å²) in [5.41, 5.74) is 9.58. The largest absolute Gasteiger partial charge is 0.347 e. The molecular formula is C15H15N3OS. The van der Waals surface area contributed by atoms with Crippen molar-refractivity contribution in [2.24, 2.45) is 5.73 Å². The van der Waals surface area contributed by atoms with Gasteiger partial charge in [-0.2, -0.15) is 0 Å². The Bertz CT molecular complexity index is 653. The van der Waals surface area contributed by atoms with Crippen LogP contribution in [0.15, 0.2) is 29.9 Å². The van der Waals surface area contributed by atoms with Crippen LogP contribution in [-0.2, 0) is 6.54 Å². The number of aromatic nitrogens is 1. The zero-order valence-electron chi connectivity index (χ0n) is 11.1. The Kier molecular flexibility index (Phi) is 4.88. The lowest BCUT2D eigenvalue weighted by atomic mass is 10.0. The summed E-state index contributed by atoms with van der Waals surface area (Å²) in [4.78, 5) is 17.1. The monoisotopic (exact) mass is 285 g/mol. The molecule has 0 saturated carbocycles. The van der Waals surface area contributed by atoms with Crippen LogP contribution in [0.3, 0.4) is 0 Å². The van der Waals surface area contributed by atoms with Gasteiger partial charge in [0.25, 0.3) is 5.91 Å². The summed E-state index contributed by atoms with van der Waals surface area (Å²) in [6.07, 6.45) is 1.75. The molecular weight excluding hydrogens is 270 g/mol. The van der Waals surface area contributed by atoms with Gasteiger partial charge in [0.2, 0.25) is 0 Å². The minimum atomic E-state index is -0.116. The van der Waals surface area contributed by atoms with E-state index in [1.165, 1.54) is 11.3 Å². The number of nitrogens with zero attached hydrogens (tertiary/aromatic N) is 1. The quantitative estimate of drug-likeness (QED) is 0.843. The maximum Gasteiger partial charge on any atom is 0.251 e. The summed E-state index contributed by atoms with van der Waals surface area (Å²) in [5.74, 6) is 5.66. The molecule has 2 aromatic rings. The lowest BCUT2D eigenvalue weighted by molar-refractivity contribution is 0.0951. The minimum Gasteiger partial charge on any atom is -0.347 e. The standard InChI is InChI=1S/C15H15N3OS/c1-11-4-5-13(7-12(11)3-2-6-16)15(19)18-9-14-8-17-10-20-14/h4-5,7-8,10H,6,9,16H2,1H3,(H,18,19). The van der Waals surface area contributed by atoms with E-state index in [4.69, 9.17) is 5.73 Å². The highest BCUT2D eigenvalue weighted by Crippen LogP contribution is 2.11. The van der Waals surface area contributed by atoms with Crippen molar-refractivity contribution in [3.8, 4) is 11.8 Å². The van der Waals surface area contributed by atoms with Gasteiger partial charge in [0.05, 0.1) is 18.6 Å². The normalized spacial score (nSPS) is 9.70. The van der Waals surface area contributed by atoms with Gasteiger partial charge in [0.15, 0.2) is 0 Å². The molecule has 2 rings (SSSR count). The van der Waals surface area contributed by atoms with Crippen LogP contribution in [0.4, 0.5) is 0 Å². The second kappa shape index (κ2) is 6.85. The van der Waals surface area contributed by atoms with Gasteiger partial charge in [-0.3, -0.25) is 9.78 Å². The van der Waals surface area contributed by atoms with Crippen LogP contribution < -0.4 is 11.1 Å². The number of hydrogen-bond acceptors (Lipinski definition) is 4. The molecule has 0 radical (unpaired) electrons. The number of carbonyl (C=O) groups is 1. The number of carbonyl (C=O) groups excluding carboxylic acids is 1. The molecule has 20 heavy (non-hydrogen) atoms. The van der Waals surface area contributed by atoms with Crippen molar-refractivity contribution in [3.05, 3.63) is 51.5 Å². The Morgan fingerprint density at radius 2 is 2.35 bits per heavy atom. The molecule has 0 aliphatic rings. The topological polar surface area (TPSA) is 68.0 Å². The van der Waals surface area contributed by atoms with Crippen molar-refractivity contribution in [2.75, 3.05) is 6.54 Å². The highest BCUT2D eigenvalue weighted by atomic mass is 32.1. The van der Waals surface area contributed by atoms with Gasteiger partial charge in [0.1, 0.15) is 0 Å². The van der Waals surface area contributed by atoms with E-state index in [0.29, 0.717) is 18.7 Å². The van der Waals surface area contributed by atoms with E-state index in [1.54, 1.807) is 23.8 Å². The molecule has 0 bridgehead atoms. The maximum absolute atomic E-state index is 12.1. The first-order chi connectivity index (χ1) is 9.70. The molecule has 0 aliphatic carbocycles. The fraction of sp³-hybridized carbons (Fsp3) is 0.200. The van der Waals surface area contributed by atoms with Gasteiger partial charge in [-0.15, -0.1) is 11.3 Å². The van der Waals surface area contributed by atoms with Gasteiger partial charge in [-0.25, -0.2) is 0 Å². The van der Waals surface area contributed by atoms with Crippen LogP contribution in [0.5, 0.6) is 0 Å². The van der Waals surface area contributed by atoms with Gasteiger partial charge in [-0.1, -0.05) is 17.9 Å². The molecule has 1 heterocycles. The Morgan fingerprint density at radius 1 is 1.50 bits per heavy atom. The minimum absolute atomic E-state index is 0.116. The first-order valence-corrected chi connectivity index (χ1v) is 7.04. The smallest absolute Gasteiger partial charge is 0.251 e. The molecule has 1 amide bonds. The van der Waals surface area contributed by atoms with Crippen molar-refractivity contribution < 1.29 is 4.79 Å². The Hall–Kier alpha value is -2.16. The third-order valence-electron chi connectivity index (χ3n) is 2.73. The molecule has 4 nitrogen and oxygen atoms in total. The average molecular weight is 285 g/mol. The van der Waals surface area contributed by atoms with E-state index in [0.717, 1.165) is 16.0 Å². The van der Waals surface area contributed by atoms with Crippen LogP contribution in [0, 0.1) is 18.8 Å². The van der Waals surface area contributed by atoms with E-state index in [9.17, 15) is 4.79 Å². The lowest BCUT2D eigenvalue weighted by Crippen LogP contribution is -2.22. The average Bonchev–Trinajstić information content (AvgIpc) is 2.97. The molecule has 0 spiro atoms. The Morgan fingerprint density at radius 3 is 3.05 bits per heavy atom. The second-order valence-electron chi connectivity index (χ2n) is 4.19. The van der Waals surface area contributed by atoms with Crippen molar-refractivity contribution >= 4 is 17.2 Å². The number of benzene rings is 1. The summed E-state index contributed by atoms with van der Waals surface area (Å²) in [6, 6.07) is 5.48. The van der Waals surface area contributed by atoms with Crippen LogP contribution in [0.1, 0.15) is 26.4 Å². The molecule has 0 fully saturated rings. The van der Waals surface area contributed by atoms with E-state index in [2.05, 4.69) is 22.1 Å². The number of hydrogen-bond donors (Lipinski definition) is 2. The summed E-state index contributed by atoms with van der Waals surface area (Å²) in [7, 11) is 0. The van der Waals surface area contributed by atoms with Crippen molar-refractivity contribution in [2.45, 2.75) is 13.5 Å². The molecule has 1 aromatic carbocycles. The van der Waals surface area contributed by atoms with Crippen molar-refractivity contribution in [1.82, 2.24) is 10.3 Å². The molecule has 1 aromatic heterocycles. The van der Waals surface area contributed by atoms with E-state index >= 15 is 0 Å². The first-order valence-electron chi connectivity index (χ1n) is 6.16. The molecule has 5 heteroatoms. The fourth-order valence-corrected chi connectivity index (χ4v) is 2.18. The summed E-state index contributed by atoms with van der Waals surface area (Å²) < 4.78 is 0. The van der Waals surface area contributed by atoms with Crippen molar-refractivity contribution in [3.63, 3.8) is 0 Å². The van der Waals surface area contributed by atoms with Crippen LogP contribution in [0.25, 0.3) is 0 Å². The van der Waals surface area contributed by atoms with E-state index < -0.39 is 0 Å². The SMILES string of the molecule is Cc1ccc(C(=O)NCc2cncs2)cc1C#CCN. The summed E-state index contributed by atoms with van der Waals surface area (Å²) in [6.45, 7) is 2.75. The molecule has 3 N–H and O–H groups in total. The molecule has 0 saturated heterocycles. The number of nitrogens with two attached hydrogens (primary N) is 1. The van der Waals surface area contributed by atoms with Gasteiger partial charge < -0.3 is 11.1 Å². The van der Waals surface area contributed by atoms with Crippen LogP contribution in [0.2, 0.25) is 0 Å². The number of amides is 1. The Balaban J connectivity index is 2.09. The third kappa shape index (κ3) is 3.67. The summed E-state index contributed by atoms with van der Waals surface area (Å²) in [5, 5.41) is 2.86. The lowest BCUT2D eigenvalue weighted by Gasteiger charge is -2.05. The molecule has 102 valence electrons.